The number of nitrogens with zero attached hydrogens (tertiary/aromatic N) is 2. The maximum absolute atomic E-state index is 14.3. The maximum Gasteiger partial charge on any atom is 0.411 e. The number of carbonyl (C=O) groups excluding carboxylic acids is 2. The Hall–Kier alpha value is -5.17. The Morgan fingerprint density at radius 2 is 1.78 bits per heavy atom. The van der Waals surface area contributed by atoms with Crippen molar-refractivity contribution in [3.8, 4) is 0 Å². The molecule has 0 spiro atoms. The normalized spacial score (nSPS) is 17.1. The van der Waals surface area contributed by atoms with Crippen LogP contribution in [-0.4, -0.2) is 59.8 Å². The molecule has 0 saturated carbocycles. The van der Waals surface area contributed by atoms with Crippen LogP contribution in [0.2, 0.25) is 0 Å². The van der Waals surface area contributed by atoms with E-state index in [9.17, 15) is 18.0 Å². The van der Waals surface area contributed by atoms with Gasteiger partial charge in [-0.25, -0.2) is 18.2 Å². The number of nitrogen functional groups attached to an aromatic ring is 1. The summed E-state index contributed by atoms with van der Waals surface area (Å²) in [4.78, 5) is 41.8. The van der Waals surface area contributed by atoms with Gasteiger partial charge in [0.1, 0.15) is 11.9 Å². The zero-order valence-corrected chi connectivity index (χ0v) is 29.5. The third-order valence-corrected chi connectivity index (χ3v) is 10.8. The lowest BCUT2D eigenvalue weighted by molar-refractivity contribution is -0.134. The molecule has 1 unspecified atom stereocenters. The monoisotopic (exact) mass is 689 g/mol. The number of ether oxygens (including phenoxy) is 1. The molecule has 0 fully saturated rings. The lowest BCUT2D eigenvalue weighted by atomic mass is 9.93. The highest BCUT2D eigenvalue weighted by Gasteiger charge is 2.34. The van der Waals surface area contributed by atoms with Gasteiger partial charge in [-0.15, -0.1) is 0 Å². The Bertz CT molecular complexity index is 2000. The first kappa shape index (κ1) is 36.7. The molecule has 4 bridgehead atoms. The van der Waals surface area contributed by atoms with E-state index >= 15 is 0 Å². The Labute approximate surface area is 286 Å². The number of aliphatic carboxylic acids is 1. The number of aromatic nitrogens is 1. The number of sulfone groups is 1. The van der Waals surface area contributed by atoms with Crippen molar-refractivity contribution in [3.63, 3.8) is 0 Å². The molecule has 6 rings (SSSR count). The van der Waals surface area contributed by atoms with Crippen LogP contribution in [0.4, 0.5) is 22.0 Å². The summed E-state index contributed by atoms with van der Waals surface area (Å²) in [7, 11) is -2.16. The van der Waals surface area contributed by atoms with E-state index in [1.54, 1.807) is 40.1 Å². The highest BCUT2D eigenvalue weighted by atomic mass is 32.2. The van der Waals surface area contributed by atoms with Crippen LogP contribution in [0.1, 0.15) is 68.8 Å². The predicted molar refractivity (Wildman–Crippen MR) is 190 cm³/mol. The smallest absolute Gasteiger partial charge is 0.411 e. The van der Waals surface area contributed by atoms with Crippen molar-refractivity contribution in [1.82, 2.24) is 9.88 Å². The highest BCUT2D eigenvalue weighted by molar-refractivity contribution is 7.92. The number of carbonyl (C=O) groups is 3. The van der Waals surface area contributed by atoms with Gasteiger partial charge in [0.25, 0.3) is 5.97 Å². The Kier molecular flexibility index (Phi) is 10.9. The van der Waals surface area contributed by atoms with Crippen molar-refractivity contribution in [3.05, 3.63) is 89.1 Å². The molecule has 13 heteroatoms. The van der Waals surface area contributed by atoms with Crippen molar-refractivity contribution < 1.29 is 32.6 Å². The summed E-state index contributed by atoms with van der Waals surface area (Å²) in [5.74, 6) is -0.797. The molecule has 49 heavy (non-hydrogen) atoms. The minimum absolute atomic E-state index is 0.0275. The number of aryl methyl sites for hydroxylation is 1. The van der Waals surface area contributed by atoms with Crippen LogP contribution in [0.3, 0.4) is 0 Å². The number of pyridine rings is 1. The van der Waals surface area contributed by atoms with Gasteiger partial charge in [0, 0.05) is 49.4 Å². The van der Waals surface area contributed by atoms with E-state index in [0.29, 0.717) is 22.8 Å². The summed E-state index contributed by atoms with van der Waals surface area (Å²) in [6.07, 6.45) is 0.988. The van der Waals surface area contributed by atoms with Gasteiger partial charge in [0.15, 0.2) is 9.84 Å². The summed E-state index contributed by atoms with van der Waals surface area (Å²) in [6.45, 7) is 10.0. The molecule has 4 aromatic rings. The number of carboxylic acids is 1. The molecule has 1 aromatic heterocycles. The molecule has 2 aliphatic rings. The first-order valence-corrected chi connectivity index (χ1v) is 17.1. The van der Waals surface area contributed by atoms with Crippen LogP contribution >= 0.6 is 0 Å². The molecule has 5 N–H and O–H groups in total. The number of amides is 2. The first-order valence-electron chi connectivity index (χ1n) is 15.7. The topological polar surface area (TPSA) is 181 Å². The molecule has 260 valence electrons. The minimum atomic E-state index is -3.80. The molecular weight excluding hydrogens is 646 g/mol. The largest absolute Gasteiger partial charge is 0.481 e. The number of nitrogens with one attached hydrogen (secondary N) is 2. The summed E-state index contributed by atoms with van der Waals surface area (Å²) < 4.78 is 31.7. The Balaban J connectivity index is 0.00000128. The number of nitrogens with two attached hydrogens (primary N) is 1. The van der Waals surface area contributed by atoms with Crippen LogP contribution < -0.4 is 16.4 Å². The third-order valence-electron chi connectivity index (χ3n) is 8.16. The fourth-order valence-electron chi connectivity index (χ4n) is 5.55. The van der Waals surface area contributed by atoms with Gasteiger partial charge < -0.3 is 25.8 Å². The van der Waals surface area contributed by atoms with Gasteiger partial charge in [-0.3, -0.25) is 14.9 Å². The summed E-state index contributed by atoms with van der Waals surface area (Å²) in [5.41, 5.74) is 10.2. The number of carboxylic acid groups (broad SMARTS) is 1. The predicted octanol–water partition coefficient (Wildman–Crippen LogP) is 6.27. The molecular formula is C36H43N5O7S. The molecule has 2 atom stereocenters. The molecule has 2 aliphatic heterocycles. The van der Waals surface area contributed by atoms with E-state index in [1.165, 1.54) is 17.0 Å². The number of benzene rings is 3. The fraction of sp³-hybridized carbons (Fsp3) is 0.333. The zero-order chi connectivity index (χ0) is 36.3. The number of fused-ring (bicyclic) bond motifs is 10. The zero-order valence-electron chi connectivity index (χ0n) is 28.7. The van der Waals surface area contributed by atoms with Gasteiger partial charge in [0.2, 0.25) is 5.91 Å². The second-order valence-corrected chi connectivity index (χ2v) is 15.8. The van der Waals surface area contributed by atoms with Crippen molar-refractivity contribution in [2.75, 3.05) is 30.0 Å². The molecule has 3 heterocycles. The van der Waals surface area contributed by atoms with Crippen LogP contribution in [0.25, 0.3) is 10.8 Å². The molecule has 2 amide bonds. The number of hydrogen-bond acceptors (Lipinski definition) is 9. The second-order valence-electron chi connectivity index (χ2n) is 13.1. The van der Waals surface area contributed by atoms with E-state index in [4.69, 9.17) is 20.4 Å². The number of anilines is 3. The van der Waals surface area contributed by atoms with Crippen LogP contribution in [-0.2, 0) is 30.7 Å². The molecule has 0 saturated heterocycles. The third kappa shape index (κ3) is 8.47. The average Bonchev–Trinajstić information content (AvgIpc) is 3.01. The second kappa shape index (κ2) is 14.5. The molecule has 3 aromatic carbocycles. The standard InChI is InChI=1S/C34H39N5O5S.C2H4O2/c1-20-15-23-7-10-27(20)21(2)19-44-33(41)38-26-9-12-29(45(42,43)34(3,4)5)24(17-26)18-39(6)32(40)30(23)37-25-8-11-28-22(16-25)13-14-36-31(28)35;1-2(3)4/h7-17,21,30,37H,18-19H2,1-6H3,(H2,35,36)(H,38,41);1H3,(H,3,4)/t21-,30?;/m0./s1. The fourth-order valence-corrected chi connectivity index (χ4v) is 6.92. The Morgan fingerprint density at radius 1 is 1.08 bits per heavy atom. The highest BCUT2D eigenvalue weighted by Crippen LogP contribution is 2.33. The first-order chi connectivity index (χ1) is 22.9. The summed E-state index contributed by atoms with van der Waals surface area (Å²) >= 11 is 0. The van der Waals surface area contributed by atoms with Gasteiger partial charge in [-0.2, -0.15) is 0 Å². The minimum Gasteiger partial charge on any atom is -0.481 e. The quantitative estimate of drug-likeness (QED) is 0.192. The number of likely N-dealkylation sites (N-methyl/N-ethyl adjacent to an activating group) is 1. The molecule has 12 nitrogen and oxygen atoms in total. The van der Waals surface area contributed by atoms with Crippen molar-refractivity contribution in [2.45, 2.75) is 69.7 Å². The van der Waals surface area contributed by atoms with Gasteiger partial charge >= 0.3 is 6.09 Å². The SMILES string of the molecule is CC(=O)O.Cc1cc2ccc1[C@@H](C)COC(=O)Nc1ccc(S(=O)(=O)C(C)(C)C)c(c1)CN(C)C(=O)C2Nc1ccc2c(N)nccc2c1. The maximum atomic E-state index is 14.3. The van der Waals surface area contributed by atoms with Crippen molar-refractivity contribution in [2.24, 2.45) is 0 Å². The van der Waals surface area contributed by atoms with E-state index < -0.39 is 32.7 Å². The summed E-state index contributed by atoms with van der Waals surface area (Å²) in [6, 6.07) is 17.1. The van der Waals surface area contributed by atoms with E-state index in [-0.39, 0.29) is 29.9 Å². The van der Waals surface area contributed by atoms with Gasteiger partial charge in [0.05, 0.1) is 16.2 Å². The molecule has 0 aliphatic carbocycles. The van der Waals surface area contributed by atoms with E-state index in [2.05, 4.69) is 15.6 Å². The van der Waals surface area contributed by atoms with Crippen LogP contribution in [0.15, 0.2) is 71.8 Å². The number of rotatable bonds is 3. The van der Waals surface area contributed by atoms with Gasteiger partial charge in [-0.1, -0.05) is 25.1 Å². The van der Waals surface area contributed by atoms with Crippen molar-refractivity contribution in [1.29, 1.82) is 0 Å². The van der Waals surface area contributed by atoms with Crippen LogP contribution in [0.5, 0.6) is 0 Å². The van der Waals surface area contributed by atoms with Gasteiger partial charge in [-0.05, 0) is 97.8 Å². The van der Waals surface area contributed by atoms with E-state index in [1.807, 2.05) is 56.3 Å². The summed E-state index contributed by atoms with van der Waals surface area (Å²) in [5, 5.41) is 15.2. The van der Waals surface area contributed by atoms with Crippen molar-refractivity contribution >= 4 is 55.8 Å². The molecule has 0 radical (unpaired) electrons. The Morgan fingerprint density at radius 3 is 2.43 bits per heavy atom. The van der Waals surface area contributed by atoms with E-state index in [0.717, 1.165) is 34.4 Å². The lowest BCUT2D eigenvalue weighted by Gasteiger charge is -2.28. The lowest BCUT2D eigenvalue weighted by Crippen LogP contribution is -2.36. The number of hydrogen-bond donors (Lipinski definition) is 4. The van der Waals surface area contributed by atoms with Crippen LogP contribution in [0, 0.1) is 6.92 Å². The average molecular weight is 690 g/mol.